The van der Waals surface area contributed by atoms with Crippen molar-refractivity contribution in [1.82, 2.24) is 20.5 Å². The number of amides is 3. The first-order valence-corrected chi connectivity index (χ1v) is 14.5. The van der Waals surface area contributed by atoms with Gasteiger partial charge in [-0.3, -0.25) is 14.4 Å². The van der Waals surface area contributed by atoms with E-state index in [4.69, 9.17) is 4.74 Å². The number of para-hydroxylation sites is 1. The van der Waals surface area contributed by atoms with Gasteiger partial charge in [0.25, 0.3) is 0 Å². The maximum absolute atomic E-state index is 14.0. The molecular formula is C34H38N4O4. The van der Waals surface area contributed by atoms with Crippen LogP contribution in [0.3, 0.4) is 0 Å². The van der Waals surface area contributed by atoms with Crippen molar-refractivity contribution >= 4 is 28.6 Å². The van der Waals surface area contributed by atoms with Crippen molar-refractivity contribution < 1.29 is 19.1 Å². The third-order valence-corrected chi connectivity index (χ3v) is 8.11. The Morgan fingerprint density at radius 3 is 2.48 bits per heavy atom. The first kappa shape index (κ1) is 28.9. The molecule has 5 rings (SSSR count). The molecule has 3 aromatic carbocycles. The Kier molecular flexibility index (Phi) is 8.91. The Morgan fingerprint density at radius 1 is 0.976 bits per heavy atom. The second kappa shape index (κ2) is 12.9. The number of ether oxygens (including phenoxy) is 1. The zero-order valence-electron chi connectivity index (χ0n) is 24.2. The highest BCUT2D eigenvalue weighted by molar-refractivity contribution is 5.96. The molecule has 0 aliphatic carbocycles. The number of aryl methyl sites for hydroxylation is 1. The van der Waals surface area contributed by atoms with Crippen molar-refractivity contribution in [2.24, 2.45) is 0 Å². The maximum atomic E-state index is 14.0. The summed E-state index contributed by atoms with van der Waals surface area (Å²) in [5, 5.41) is 7.15. The number of nitrogens with one attached hydrogen (secondary N) is 3. The molecule has 8 heteroatoms. The van der Waals surface area contributed by atoms with Crippen LogP contribution in [0, 0.1) is 0 Å². The van der Waals surface area contributed by atoms with E-state index in [0.717, 1.165) is 27.6 Å². The van der Waals surface area contributed by atoms with Crippen molar-refractivity contribution in [1.29, 1.82) is 0 Å². The fourth-order valence-corrected chi connectivity index (χ4v) is 5.69. The summed E-state index contributed by atoms with van der Waals surface area (Å²) < 4.78 is 5.28. The van der Waals surface area contributed by atoms with E-state index in [0.29, 0.717) is 38.0 Å². The molecule has 0 saturated carbocycles. The lowest BCUT2D eigenvalue weighted by Gasteiger charge is -2.44. The molecule has 2 atom stereocenters. The lowest BCUT2D eigenvalue weighted by molar-refractivity contribution is -0.152. The van der Waals surface area contributed by atoms with E-state index in [1.165, 1.54) is 0 Å². The number of benzene rings is 3. The van der Waals surface area contributed by atoms with Gasteiger partial charge in [0.1, 0.15) is 17.3 Å². The summed E-state index contributed by atoms with van der Waals surface area (Å²) in [7, 11) is 1.60. The highest BCUT2D eigenvalue weighted by atomic mass is 16.5. The predicted octanol–water partition coefficient (Wildman–Crippen LogP) is 4.53. The number of nitrogens with zero attached hydrogens (tertiary/aromatic N) is 1. The number of methoxy groups -OCH3 is 1. The van der Waals surface area contributed by atoms with Crippen LogP contribution in [0.25, 0.3) is 10.9 Å². The van der Waals surface area contributed by atoms with Crippen LogP contribution in [-0.2, 0) is 33.8 Å². The van der Waals surface area contributed by atoms with E-state index >= 15 is 0 Å². The summed E-state index contributed by atoms with van der Waals surface area (Å²) in [5.74, 6) is 0.0891. The van der Waals surface area contributed by atoms with Crippen molar-refractivity contribution in [3.63, 3.8) is 0 Å². The number of piperidine rings is 1. The van der Waals surface area contributed by atoms with Crippen molar-refractivity contribution in [2.75, 3.05) is 13.7 Å². The summed E-state index contributed by atoms with van der Waals surface area (Å²) in [6.07, 6.45) is 4.27. The van der Waals surface area contributed by atoms with Gasteiger partial charge in [-0.25, -0.2) is 0 Å². The molecular weight excluding hydrogens is 528 g/mol. The molecule has 0 spiro atoms. The number of carbonyl (C=O) groups is 3. The maximum Gasteiger partial charge on any atom is 0.249 e. The van der Waals surface area contributed by atoms with Gasteiger partial charge < -0.3 is 25.3 Å². The van der Waals surface area contributed by atoms with Gasteiger partial charge >= 0.3 is 0 Å². The minimum absolute atomic E-state index is 0.180. The van der Waals surface area contributed by atoms with Crippen LogP contribution in [0.5, 0.6) is 5.75 Å². The van der Waals surface area contributed by atoms with Crippen molar-refractivity contribution in [3.8, 4) is 5.75 Å². The molecule has 1 aliphatic rings. The number of aromatic nitrogens is 1. The van der Waals surface area contributed by atoms with Crippen LogP contribution in [0.2, 0.25) is 0 Å². The fourth-order valence-electron chi connectivity index (χ4n) is 5.69. The van der Waals surface area contributed by atoms with Crippen LogP contribution in [0.4, 0.5) is 0 Å². The number of hydrogen-bond donors (Lipinski definition) is 3. The zero-order valence-corrected chi connectivity index (χ0v) is 24.2. The summed E-state index contributed by atoms with van der Waals surface area (Å²) >= 11 is 0. The Hall–Kier alpha value is -4.59. The van der Waals surface area contributed by atoms with Crippen LogP contribution >= 0.6 is 0 Å². The number of fused-ring (bicyclic) bond motifs is 1. The predicted molar refractivity (Wildman–Crippen MR) is 163 cm³/mol. The Morgan fingerprint density at radius 2 is 1.71 bits per heavy atom. The van der Waals surface area contributed by atoms with Gasteiger partial charge in [0.2, 0.25) is 17.7 Å². The first-order chi connectivity index (χ1) is 20.4. The summed E-state index contributed by atoms with van der Waals surface area (Å²) in [4.78, 5) is 45.4. The van der Waals surface area contributed by atoms with Gasteiger partial charge in [-0.1, -0.05) is 60.7 Å². The van der Waals surface area contributed by atoms with E-state index in [-0.39, 0.29) is 30.7 Å². The lowest BCUT2D eigenvalue weighted by Crippen LogP contribution is -2.65. The second-order valence-corrected chi connectivity index (χ2v) is 11.1. The number of H-pyrrole nitrogens is 1. The van der Waals surface area contributed by atoms with Gasteiger partial charge in [0, 0.05) is 36.6 Å². The van der Waals surface area contributed by atoms with Gasteiger partial charge in [-0.2, -0.15) is 0 Å². The molecule has 1 fully saturated rings. The summed E-state index contributed by atoms with van der Waals surface area (Å²) in [6, 6.07) is 24.8. The Bertz CT molecular complexity index is 1530. The first-order valence-electron chi connectivity index (χ1n) is 14.5. The van der Waals surface area contributed by atoms with E-state index in [1.54, 1.807) is 18.9 Å². The minimum atomic E-state index is -1.11. The lowest BCUT2D eigenvalue weighted by atomic mass is 9.85. The summed E-state index contributed by atoms with van der Waals surface area (Å²) in [5.41, 5.74) is 3.00. The fraction of sp³-hybridized carbons (Fsp3) is 0.324. The largest absolute Gasteiger partial charge is 0.497 e. The zero-order chi connectivity index (χ0) is 29.5. The number of rotatable bonds is 11. The molecule has 0 unspecified atom stereocenters. The SMILES string of the molecule is COc1ccc(CN2C(=O)[C@@](C)(NC(=O)CCc3c[nH]c4ccccc34)CC[C@H]2C(=O)NCCc2ccccc2)cc1. The van der Waals surface area contributed by atoms with E-state index in [2.05, 4.69) is 15.6 Å². The topological polar surface area (TPSA) is 104 Å². The molecule has 8 nitrogen and oxygen atoms in total. The molecule has 2 heterocycles. The highest BCUT2D eigenvalue weighted by Gasteiger charge is 2.47. The van der Waals surface area contributed by atoms with Gasteiger partial charge in [-0.15, -0.1) is 0 Å². The molecule has 42 heavy (non-hydrogen) atoms. The smallest absolute Gasteiger partial charge is 0.249 e. The molecule has 4 aromatic rings. The minimum Gasteiger partial charge on any atom is -0.497 e. The number of carbonyl (C=O) groups excluding carboxylic acids is 3. The average Bonchev–Trinajstić information content (AvgIpc) is 3.42. The molecule has 1 aliphatic heterocycles. The van der Waals surface area contributed by atoms with E-state index < -0.39 is 11.6 Å². The van der Waals surface area contributed by atoms with Crippen LogP contribution in [-0.4, -0.2) is 52.8 Å². The number of hydrogen-bond acceptors (Lipinski definition) is 4. The Balaban J connectivity index is 1.27. The molecule has 1 saturated heterocycles. The molecule has 0 radical (unpaired) electrons. The monoisotopic (exact) mass is 566 g/mol. The summed E-state index contributed by atoms with van der Waals surface area (Å²) in [6.45, 7) is 2.50. The van der Waals surface area contributed by atoms with E-state index in [9.17, 15) is 14.4 Å². The molecule has 3 N–H and O–H groups in total. The molecule has 1 aromatic heterocycles. The van der Waals surface area contributed by atoms with E-state index in [1.807, 2.05) is 85.1 Å². The van der Waals surface area contributed by atoms with Gasteiger partial charge in [-0.05, 0) is 67.5 Å². The molecule has 0 bridgehead atoms. The van der Waals surface area contributed by atoms with Gasteiger partial charge in [0.05, 0.1) is 7.11 Å². The van der Waals surface area contributed by atoms with Crippen molar-refractivity contribution in [2.45, 2.75) is 57.2 Å². The standard InChI is InChI=1S/C34H38N4O4/c1-34(37-31(39)17-14-26-22-36-29-11-7-6-10-28(26)29)20-18-30(32(40)35-21-19-24-8-4-3-5-9-24)38(33(34)41)23-25-12-15-27(42-2)16-13-25/h3-13,15-16,22,30,36H,14,17-21,23H2,1-2H3,(H,35,40)(H,37,39)/t30-,34-/m0/s1. The highest BCUT2D eigenvalue weighted by Crippen LogP contribution is 2.29. The quantitative estimate of drug-likeness (QED) is 0.248. The van der Waals surface area contributed by atoms with Crippen molar-refractivity contribution in [3.05, 3.63) is 102 Å². The number of aromatic amines is 1. The molecule has 3 amide bonds. The van der Waals surface area contributed by atoms with Crippen LogP contribution in [0.15, 0.2) is 85.1 Å². The van der Waals surface area contributed by atoms with Crippen LogP contribution < -0.4 is 15.4 Å². The van der Waals surface area contributed by atoms with Crippen LogP contribution in [0.1, 0.15) is 42.9 Å². The third kappa shape index (κ3) is 6.65. The second-order valence-electron chi connectivity index (χ2n) is 11.1. The van der Waals surface area contributed by atoms with Gasteiger partial charge in [0.15, 0.2) is 0 Å². The normalized spacial score (nSPS) is 18.6. The number of likely N-dealkylation sites (tertiary alicyclic amines) is 1. The Labute approximate surface area is 246 Å². The average molecular weight is 567 g/mol. The molecule has 218 valence electrons. The third-order valence-electron chi connectivity index (χ3n) is 8.11.